The molecule has 1 unspecified atom stereocenters. The van der Waals surface area contributed by atoms with E-state index >= 15 is 0 Å². The fourth-order valence-corrected chi connectivity index (χ4v) is 3.84. The van der Waals surface area contributed by atoms with E-state index in [0.29, 0.717) is 11.3 Å². The summed E-state index contributed by atoms with van der Waals surface area (Å²) in [5.41, 5.74) is 3.22. The van der Waals surface area contributed by atoms with Crippen LogP contribution in [0.3, 0.4) is 0 Å². The summed E-state index contributed by atoms with van der Waals surface area (Å²) < 4.78 is 1.62. The lowest BCUT2D eigenvalue weighted by atomic mass is 10.0. The number of Topliss-reactive ketones (excluding diaryl/α,β-unsaturated/α-hetero) is 1. The fraction of sp³-hybridized carbons (Fsp3) is 0.500. The summed E-state index contributed by atoms with van der Waals surface area (Å²) in [6.07, 6.45) is 5.70. The Morgan fingerprint density at radius 1 is 1.33 bits per heavy atom. The second-order valence-corrected chi connectivity index (χ2v) is 7.26. The second-order valence-electron chi connectivity index (χ2n) is 7.26. The van der Waals surface area contributed by atoms with Crippen LogP contribution in [-0.2, 0) is 17.9 Å². The molecule has 7 nitrogen and oxygen atoms in total. The van der Waals surface area contributed by atoms with E-state index in [9.17, 15) is 9.59 Å². The van der Waals surface area contributed by atoms with Crippen molar-refractivity contribution in [2.24, 2.45) is 0 Å². The maximum absolute atomic E-state index is 12.5. The Hall–Kier alpha value is -2.54. The minimum Gasteiger partial charge on any atom is -0.350 e. The fourth-order valence-electron chi connectivity index (χ4n) is 3.84. The van der Waals surface area contributed by atoms with E-state index in [-0.39, 0.29) is 24.3 Å². The maximum atomic E-state index is 12.5. The van der Waals surface area contributed by atoms with Gasteiger partial charge in [-0.25, -0.2) is 0 Å². The Bertz CT molecular complexity index is 815. The van der Waals surface area contributed by atoms with Crippen molar-refractivity contribution in [1.29, 1.82) is 0 Å². The summed E-state index contributed by atoms with van der Waals surface area (Å²) in [7, 11) is 0. The van der Waals surface area contributed by atoms with E-state index in [4.69, 9.17) is 0 Å². The molecule has 0 radical (unpaired) electrons. The lowest BCUT2D eigenvalue weighted by Crippen LogP contribution is -2.48. The van der Waals surface area contributed by atoms with Gasteiger partial charge in [0.15, 0.2) is 5.78 Å². The molecule has 0 aliphatic carbocycles. The second kappa shape index (κ2) is 8.43. The first-order chi connectivity index (χ1) is 12.9. The van der Waals surface area contributed by atoms with Crippen molar-refractivity contribution >= 4 is 11.7 Å². The summed E-state index contributed by atoms with van der Waals surface area (Å²) in [5.74, 6) is -0.0843. The number of pyridine rings is 1. The maximum Gasteiger partial charge on any atom is 0.242 e. The average Bonchev–Trinajstić information content (AvgIpc) is 2.89. The van der Waals surface area contributed by atoms with Gasteiger partial charge in [0.25, 0.3) is 0 Å². The molecule has 1 fully saturated rings. The minimum absolute atomic E-state index is 0.0185. The third-order valence-corrected chi connectivity index (χ3v) is 5.03. The summed E-state index contributed by atoms with van der Waals surface area (Å²) in [5, 5.41) is 7.48. The summed E-state index contributed by atoms with van der Waals surface area (Å²) in [6, 6.07) is 4.15. The van der Waals surface area contributed by atoms with Gasteiger partial charge in [-0.05, 0) is 51.8 Å². The summed E-state index contributed by atoms with van der Waals surface area (Å²) in [4.78, 5) is 30.7. The largest absolute Gasteiger partial charge is 0.350 e. The monoisotopic (exact) mass is 369 g/mol. The Labute approximate surface area is 159 Å². The number of likely N-dealkylation sites (tertiary alicyclic amines) is 1. The molecule has 0 bridgehead atoms. The van der Waals surface area contributed by atoms with Crippen molar-refractivity contribution in [2.45, 2.75) is 52.7 Å². The van der Waals surface area contributed by atoms with E-state index in [0.717, 1.165) is 38.2 Å². The van der Waals surface area contributed by atoms with Crippen LogP contribution in [-0.4, -0.2) is 50.5 Å². The van der Waals surface area contributed by atoms with Gasteiger partial charge >= 0.3 is 0 Å². The zero-order valence-electron chi connectivity index (χ0n) is 16.2. The van der Waals surface area contributed by atoms with Gasteiger partial charge in [-0.15, -0.1) is 0 Å². The minimum atomic E-state index is -0.0658. The molecule has 1 aliphatic heterocycles. The predicted octanol–water partition coefficient (Wildman–Crippen LogP) is 1.88. The van der Waals surface area contributed by atoms with Gasteiger partial charge in [0.05, 0.1) is 11.3 Å². The van der Waals surface area contributed by atoms with Crippen LogP contribution in [0, 0.1) is 13.8 Å². The lowest BCUT2D eigenvalue weighted by molar-refractivity contribution is -0.123. The normalized spacial score (nSPS) is 17.7. The number of ketones is 1. The molecule has 0 spiro atoms. The first-order valence-corrected chi connectivity index (χ1v) is 9.39. The van der Waals surface area contributed by atoms with Crippen LogP contribution in [0.4, 0.5) is 0 Å². The quantitative estimate of drug-likeness (QED) is 0.787. The Morgan fingerprint density at radius 2 is 2.15 bits per heavy atom. The van der Waals surface area contributed by atoms with Crippen molar-refractivity contribution in [3.05, 3.63) is 47.0 Å². The average molecular weight is 369 g/mol. The van der Waals surface area contributed by atoms with Crippen LogP contribution in [0.15, 0.2) is 24.5 Å². The number of aromatic nitrogens is 3. The predicted molar refractivity (Wildman–Crippen MR) is 102 cm³/mol. The molecule has 1 saturated heterocycles. The van der Waals surface area contributed by atoms with Crippen LogP contribution in [0.25, 0.3) is 0 Å². The highest BCUT2D eigenvalue weighted by atomic mass is 16.2. The van der Waals surface area contributed by atoms with E-state index in [1.807, 2.05) is 19.2 Å². The number of aryl methyl sites for hydroxylation is 1. The summed E-state index contributed by atoms with van der Waals surface area (Å²) >= 11 is 0. The zero-order chi connectivity index (χ0) is 19.4. The zero-order valence-corrected chi connectivity index (χ0v) is 16.2. The molecule has 1 amide bonds. The van der Waals surface area contributed by atoms with Crippen LogP contribution in [0.1, 0.15) is 47.1 Å². The van der Waals surface area contributed by atoms with Crippen molar-refractivity contribution in [3.8, 4) is 0 Å². The van der Waals surface area contributed by atoms with Crippen LogP contribution in [0.5, 0.6) is 0 Å². The molecule has 2 aromatic heterocycles. The third kappa shape index (κ3) is 4.80. The smallest absolute Gasteiger partial charge is 0.242 e. The topological polar surface area (TPSA) is 80.1 Å². The third-order valence-electron chi connectivity index (χ3n) is 5.03. The molecule has 3 heterocycles. The van der Waals surface area contributed by atoms with E-state index in [2.05, 4.69) is 26.4 Å². The molecule has 1 atom stereocenters. The molecular formula is C20H27N5O2. The molecule has 0 aromatic carbocycles. The Kier molecular flexibility index (Phi) is 6.01. The number of hydrogen-bond acceptors (Lipinski definition) is 5. The van der Waals surface area contributed by atoms with E-state index in [1.165, 1.54) is 12.5 Å². The van der Waals surface area contributed by atoms with Crippen LogP contribution in [0.2, 0.25) is 0 Å². The lowest BCUT2D eigenvalue weighted by Gasteiger charge is -2.33. The molecule has 2 aromatic rings. The van der Waals surface area contributed by atoms with Gasteiger partial charge in [0, 0.05) is 37.2 Å². The molecule has 1 aliphatic rings. The Morgan fingerprint density at radius 3 is 2.81 bits per heavy atom. The standard InChI is InChI=1S/C20H27N5O2/c1-14-20(16(3)26)15(2)25(23-14)13-19(27)22-18-7-5-9-24(12-18)11-17-6-4-8-21-10-17/h4,6,8,10,18H,5,7,9,11-13H2,1-3H3,(H,22,27). The highest BCUT2D eigenvalue weighted by Gasteiger charge is 2.23. The highest BCUT2D eigenvalue weighted by molar-refractivity contribution is 5.96. The van der Waals surface area contributed by atoms with Gasteiger partial charge in [0.1, 0.15) is 6.54 Å². The van der Waals surface area contributed by atoms with Gasteiger partial charge in [-0.2, -0.15) is 5.10 Å². The van der Waals surface area contributed by atoms with E-state index < -0.39 is 0 Å². The summed E-state index contributed by atoms with van der Waals surface area (Å²) in [6.45, 7) is 8.01. The van der Waals surface area contributed by atoms with Crippen molar-refractivity contribution in [1.82, 2.24) is 25.0 Å². The molecule has 1 N–H and O–H groups in total. The van der Waals surface area contributed by atoms with Crippen molar-refractivity contribution in [3.63, 3.8) is 0 Å². The molecule has 0 saturated carbocycles. The van der Waals surface area contributed by atoms with Gasteiger partial charge in [-0.1, -0.05) is 6.07 Å². The van der Waals surface area contributed by atoms with Gasteiger partial charge in [0.2, 0.25) is 5.91 Å². The van der Waals surface area contributed by atoms with Gasteiger partial charge in [-0.3, -0.25) is 24.2 Å². The number of nitrogens with one attached hydrogen (secondary N) is 1. The number of hydrogen-bond donors (Lipinski definition) is 1. The molecule has 27 heavy (non-hydrogen) atoms. The number of carbonyl (C=O) groups excluding carboxylic acids is 2. The molecule has 7 heteroatoms. The van der Waals surface area contributed by atoms with Crippen LogP contribution < -0.4 is 5.32 Å². The molecule has 3 rings (SSSR count). The SMILES string of the molecule is CC(=O)c1c(C)nn(CC(=O)NC2CCCN(Cc3cccnc3)C2)c1C. The first kappa shape index (κ1) is 19.2. The van der Waals surface area contributed by atoms with Gasteiger partial charge < -0.3 is 5.32 Å². The van der Waals surface area contributed by atoms with Crippen molar-refractivity contribution < 1.29 is 9.59 Å². The first-order valence-electron chi connectivity index (χ1n) is 9.39. The molecular weight excluding hydrogens is 342 g/mol. The van der Waals surface area contributed by atoms with Crippen molar-refractivity contribution in [2.75, 3.05) is 13.1 Å². The molecule has 144 valence electrons. The number of carbonyl (C=O) groups is 2. The van der Waals surface area contributed by atoms with Crippen LogP contribution >= 0.6 is 0 Å². The van der Waals surface area contributed by atoms with E-state index in [1.54, 1.807) is 17.8 Å². The number of piperidine rings is 1. The number of nitrogens with zero attached hydrogens (tertiary/aromatic N) is 4. The number of rotatable bonds is 6. The Balaban J connectivity index is 1.56. The number of amides is 1. The highest BCUT2D eigenvalue weighted by Crippen LogP contribution is 2.15.